The average Bonchev–Trinajstić information content (AvgIpc) is 2.59. The highest BCUT2D eigenvalue weighted by Gasteiger charge is 2.55. The summed E-state index contributed by atoms with van der Waals surface area (Å²) in [5.74, 6) is 0.615. The van der Waals surface area contributed by atoms with Gasteiger partial charge in [0.1, 0.15) is 0 Å². The molecule has 1 fully saturated rings. The van der Waals surface area contributed by atoms with Gasteiger partial charge in [-0.15, -0.1) is 0 Å². The second-order valence-electron chi connectivity index (χ2n) is 9.24. The number of esters is 1. The minimum Gasteiger partial charge on any atom is -0.469 e. The van der Waals surface area contributed by atoms with Crippen LogP contribution in [-0.4, -0.2) is 18.2 Å². The maximum atomic E-state index is 12.7. The molecule has 144 valence electrons. The molecule has 3 rings (SSSR count). The van der Waals surface area contributed by atoms with Crippen LogP contribution >= 0.6 is 0 Å². The lowest BCUT2D eigenvalue weighted by atomic mass is 9.49. The Bertz CT molecular complexity index is 706. The molecule has 4 atom stereocenters. The molecule has 0 bridgehead atoms. The number of methoxy groups -OCH3 is 1. The van der Waals surface area contributed by atoms with E-state index in [1.807, 2.05) is 6.92 Å². The van der Waals surface area contributed by atoms with E-state index in [0.717, 1.165) is 37.7 Å². The number of aliphatic hydroxyl groups is 1. The lowest BCUT2D eigenvalue weighted by molar-refractivity contribution is -0.161. The van der Waals surface area contributed by atoms with Crippen molar-refractivity contribution >= 4 is 5.97 Å². The Labute approximate surface area is 158 Å². The third kappa shape index (κ3) is 2.79. The van der Waals surface area contributed by atoms with Crippen LogP contribution in [0.2, 0.25) is 0 Å². The summed E-state index contributed by atoms with van der Waals surface area (Å²) in [6.07, 6.45) is 4.59. The van der Waals surface area contributed by atoms with E-state index in [1.165, 1.54) is 23.8 Å². The van der Waals surface area contributed by atoms with Gasteiger partial charge in [0, 0.05) is 0 Å². The highest BCUT2D eigenvalue weighted by atomic mass is 16.5. The van der Waals surface area contributed by atoms with Crippen LogP contribution in [0.3, 0.4) is 0 Å². The second-order valence-corrected chi connectivity index (χ2v) is 9.24. The fraction of sp³-hybridized carbons (Fsp3) is 0.696. The van der Waals surface area contributed by atoms with Crippen LogP contribution in [0.25, 0.3) is 0 Å². The van der Waals surface area contributed by atoms with Gasteiger partial charge in [-0.25, -0.2) is 0 Å². The molecular weight excluding hydrogens is 324 g/mol. The van der Waals surface area contributed by atoms with Gasteiger partial charge in [-0.1, -0.05) is 39.3 Å². The number of benzene rings is 1. The van der Waals surface area contributed by atoms with E-state index in [0.29, 0.717) is 5.92 Å². The van der Waals surface area contributed by atoms with E-state index < -0.39 is 11.5 Å². The summed E-state index contributed by atoms with van der Waals surface area (Å²) in [5, 5.41) is 10.4. The van der Waals surface area contributed by atoms with E-state index >= 15 is 0 Å². The number of ether oxygens (including phenoxy) is 1. The molecule has 0 spiro atoms. The molecule has 3 heteroatoms. The van der Waals surface area contributed by atoms with Gasteiger partial charge in [0.25, 0.3) is 0 Å². The Balaban J connectivity index is 2.15. The number of fused-ring (bicyclic) bond motifs is 3. The Kier molecular flexibility index (Phi) is 4.98. The topological polar surface area (TPSA) is 46.5 Å². The number of hydrogen-bond donors (Lipinski definition) is 1. The summed E-state index contributed by atoms with van der Waals surface area (Å²) in [6.45, 7) is 10.7. The molecule has 1 N–H and O–H groups in total. The number of carbonyl (C=O) groups excluding carboxylic acids is 1. The van der Waals surface area contributed by atoms with E-state index in [9.17, 15) is 9.90 Å². The SMILES string of the molecule is COC(=O)C1(C)CCCC2(C)c3cc(C(C)O)c(C(C)C)cc3CCC12. The van der Waals surface area contributed by atoms with Crippen molar-refractivity contribution in [2.75, 3.05) is 7.11 Å². The zero-order valence-corrected chi connectivity index (χ0v) is 17.2. The Hall–Kier alpha value is -1.35. The lowest BCUT2D eigenvalue weighted by Gasteiger charge is -2.54. The minimum absolute atomic E-state index is 0.0338. The monoisotopic (exact) mass is 358 g/mol. The fourth-order valence-corrected chi connectivity index (χ4v) is 5.89. The molecule has 4 unspecified atom stereocenters. The standard InChI is InChI=1S/C23H34O3/c1-14(2)17-12-16-8-9-20-22(4,19(16)13-18(17)15(3)24)10-7-11-23(20,5)21(25)26-6/h12-15,20,24H,7-11H2,1-6H3. The van der Waals surface area contributed by atoms with Gasteiger partial charge in [0.15, 0.2) is 0 Å². The van der Waals surface area contributed by atoms with Crippen LogP contribution < -0.4 is 0 Å². The summed E-state index contributed by atoms with van der Waals surface area (Å²) in [5.41, 5.74) is 4.61. The van der Waals surface area contributed by atoms with Gasteiger partial charge in [-0.05, 0) is 79.0 Å². The number of aliphatic hydroxyl groups excluding tert-OH is 1. The van der Waals surface area contributed by atoms with Gasteiger partial charge >= 0.3 is 5.97 Å². The Morgan fingerprint density at radius 2 is 1.88 bits per heavy atom. The largest absolute Gasteiger partial charge is 0.469 e. The normalized spacial score (nSPS) is 31.9. The van der Waals surface area contributed by atoms with Gasteiger partial charge in [-0.3, -0.25) is 4.79 Å². The molecule has 1 aromatic carbocycles. The van der Waals surface area contributed by atoms with E-state index in [1.54, 1.807) is 0 Å². The smallest absolute Gasteiger partial charge is 0.311 e. The van der Waals surface area contributed by atoms with Crippen molar-refractivity contribution in [1.29, 1.82) is 0 Å². The predicted molar refractivity (Wildman–Crippen MR) is 104 cm³/mol. The average molecular weight is 359 g/mol. The summed E-state index contributed by atoms with van der Waals surface area (Å²) in [6, 6.07) is 4.58. The molecule has 0 aromatic heterocycles. The molecule has 0 aliphatic heterocycles. The number of carbonyl (C=O) groups is 1. The van der Waals surface area contributed by atoms with Crippen molar-refractivity contribution in [2.24, 2.45) is 11.3 Å². The molecule has 0 saturated heterocycles. The van der Waals surface area contributed by atoms with E-state index in [4.69, 9.17) is 4.74 Å². The van der Waals surface area contributed by atoms with Crippen LogP contribution in [0.5, 0.6) is 0 Å². The molecule has 3 nitrogen and oxygen atoms in total. The maximum Gasteiger partial charge on any atom is 0.311 e. The van der Waals surface area contributed by atoms with Crippen LogP contribution in [0.1, 0.15) is 94.6 Å². The lowest BCUT2D eigenvalue weighted by Crippen LogP contribution is -2.52. The van der Waals surface area contributed by atoms with Crippen molar-refractivity contribution in [3.63, 3.8) is 0 Å². The molecule has 0 amide bonds. The number of hydrogen-bond acceptors (Lipinski definition) is 3. The Morgan fingerprint density at radius 3 is 2.46 bits per heavy atom. The van der Waals surface area contributed by atoms with Crippen LogP contribution in [0.4, 0.5) is 0 Å². The van der Waals surface area contributed by atoms with Crippen LogP contribution in [0, 0.1) is 11.3 Å². The summed E-state index contributed by atoms with van der Waals surface area (Å²) < 4.78 is 5.21. The molecule has 1 saturated carbocycles. The van der Waals surface area contributed by atoms with Crippen molar-refractivity contribution in [3.8, 4) is 0 Å². The molecule has 0 radical (unpaired) electrons. The second kappa shape index (κ2) is 6.67. The van der Waals surface area contributed by atoms with Crippen LogP contribution in [0.15, 0.2) is 12.1 Å². The van der Waals surface area contributed by atoms with Gasteiger partial charge in [0.05, 0.1) is 18.6 Å². The van der Waals surface area contributed by atoms with Gasteiger partial charge in [0.2, 0.25) is 0 Å². The van der Waals surface area contributed by atoms with E-state index in [-0.39, 0.29) is 17.3 Å². The first kappa shape index (κ1) is 19.4. The predicted octanol–water partition coefficient (Wildman–Crippen LogP) is 5.05. The van der Waals surface area contributed by atoms with Crippen molar-refractivity contribution < 1.29 is 14.6 Å². The number of rotatable bonds is 3. The molecule has 26 heavy (non-hydrogen) atoms. The highest BCUT2D eigenvalue weighted by molar-refractivity contribution is 5.77. The highest BCUT2D eigenvalue weighted by Crippen LogP contribution is 2.58. The van der Waals surface area contributed by atoms with Gasteiger partial charge in [-0.2, -0.15) is 0 Å². The zero-order chi connectivity index (χ0) is 19.3. The van der Waals surface area contributed by atoms with Gasteiger partial charge < -0.3 is 9.84 Å². The fourth-order valence-electron chi connectivity index (χ4n) is 5.89. The zero-order valence-electron chi connectivity index (χ0n) is 17.2. The summed E-state index contributed by atoms with van der Waals surface area (Å²) >= 11 is 0. The molecule has 1 aromatic rings. The molecule has 2 aliphatic carbocycles. The van der Waals surface area contributed by atoms with E-state index in [2.05, 4.69) is 39.8 Å². The summed E-state index contributed by atoms with van der Waals surface area (Å²) in [7, 11) is 1.51. The summed E-state index contributed by atoms with van der Waals surface area (Å²) in [4.78, 5) is 12.7. The number of aryl methyl sites for hydroxylation is 1. The quantitative estimate of drug-likeness (QED) is 0.769. The van der Waals surface area contributed by atoms with Crippen LogP contribution in [-0.2, 0) is 21.4 Å². The van der Waals surface area contributed by atoms with Crippen molar-refractivity contribution in [2.45, 2.75) is 84.2 Å². The first-order valence-electron chi connectivity index (χ1n) is 10.1. The third-order valence-corrected chi connectivity index (χ3v) is 7.28. The molecular formula is C23H34O3. The first-order chi connectivity index (χ1) is 12.1. The maximum absolute atomic E-state index is 12.7. The Morgan fingerprint density at radius 1 is 1.19 bits per heavy atom. The minimum atomic E-state index is -0.475. The molecule has 0 heterocycles. The van der Waals surface area contributed by atoms with Crippen molar-refractivity contribution in [3.05, 3.63) is 34.4 Å². The third-order valence-electron chi connectivity index (χ3n) is 7.28. The van der Waals surface area contributed by atoms with Crippen molar-refractivity contribution in [1.82, 2.24) is 0 Å². The molecule has 2 aliphatic rings. The first-order valence-corrected chi connectivity index (χ1v) is 10.1.